The highest BCUT2D eigenvalue weighted by molar-refractivity contribution is 5.69. The lowest BCUT2D eigenvalue weighted by Gasteiger charge is -2.17. The molecule has 0 aromatic rings. The number of ether oxygens (including phenoxy) is 1. The standard InChI is InChI=1S/C12H24O4/c1-3-5-7-10(13)11(14)8-6-9-12(15)16-4-2/h10-11,13-14H,3-9H2,1-2H3. The van der Waals surface area contributed by atoms with E-state index in [9.17, 15) is 15.0 Å². The number of esters is 1. The summed E-state index contributed by atoms with van der Waals surface area (Å²) in [5.74, 6) is -0.238. The molecule has 0 amide bonds. The molecule has 0 aliphatic heterocycles. The second-order valence-electron chi connectivity index (χ2n) is 3.97. The zero-order chi connectivity index (χ0) is 12.4. The van der Waals surface area contributed by atoms with Gasteiger partial charge in [-0.05, 0) is 26.2 Å². The maximum Gasteiger partial charge on any atom is 0.305 e. The van der Waals surface area contributed by atoms with Gasteiger partial charge in [-0.3, -0.25) is 4.79 Å². The molecule has 16 heavy (non-hydrogen) atoms. The van der Waals surface area contributed by atoms with Gasteiger partial charge in [0.1, 0.15) is 0 Å². The van der Waals surface area contributed by atoms with Gasteiger partial charge in [-0.25, -0.2) is 0 Å². The second kappa shape index (κ2) is 9.60. The number of hydrogen-bond acceptors (Lipinski definition) is 4. The van der Waals surface area contributed by atoms with E-state index in [0.29, 0.717) is 32.3 Å². The largest absolute Gasteiger partial charge is 0.466 e. The zero-order valence-corrected chi connectivity index (χ0v) is 10.3. The molecule has 4 heteroatoms. The molecule has 96 valence electrons. The van der Waals surface area contributed by atoms with Crippen molar-refractivity contribution in [1.82, 2.24) is 0 Å². The Morgan fingerprint density at radius 3 is 2.19 bits per heavy atom. The fourth-order valence-electron chi connectivity index (χ4n) is 1.49. The van der Waals surface area contributed by atoms with Gasteiger partial charge in [0.05, 0.1) is 18.8 Å². The van der Waals surface area contributed by atoms with Crippen LogP contribution in [0.1, 0.15) is 52.4 Å². The van der Waals surface area contributed by atoms with Gasteiger partial charge >= 0.3 is 5.97 Å². The van der Waals surface area contributed by atoms with Crippen molar-refractivity contribution in [1.29, 1.82) is 0 Å². The van der Waals surface area contributed by atoms with Crippen LogP contribution in [0.2, 0.25) is 0 Å². The van der Waals surface area contributed by atoms with Crippen molar-refractivity contribution in [2.24, 2.45) is 0 Å². The van der Waals surface area contributed by atoms with E-state index in [2.05, 4.69) is 0 Å². The molecule has 0 heterocycles. The molecule has 0 radical (unpaired) electrons. The van der Waals surface area contributed by atoms with Gasteiger partial charge in [-0.1, -0.05) is 19.8 Å². The summed E-state index contributed by atoms with van der Waals surface area (Å²) in [7, 11) is 0. The van der Waals surface area contributed by atoms with Crippen molar-refractivity contribution < 1.29 is 19.7 Å². The minimum Gasteiger partial charge on any atom is -0.466 e. The van der Waals surface area contributed by atoms with Crippen molar-refractivity contribution in [3.8, 4) is 0 Å². The van der Waals surface area contributed by atoms with Crippen molar-refractivity contribution in [2.45, 2.75) is 64.6 Å². The lowest BCUT2D eigenvalue weighted by Crippen LogP contribution is -2.25. The summed E-state index contributed by atoms with van der Waals surface area (Å²) >= 11 is 0. The monoisotopic (exact) mass is 232 g/mol. The average Bonchev–Trinajstić information content (AvgIpc) is 2.26. The van der Waals surface area contributed by atoms with Crippen LogP contribution in [0.3, 0.4) is 0 Å². The Morgan fingerprint density at radius 2 is 1.69 bits per heavy atom. The summed E-state index contributed by atoms with van der Waals surface area (Å²) in [6, 6.07) is 0. The first-order valence-corrected chi connectivity index (χ1v) is 6.13. The van der Waals surface area contributed by atoms with Gasteiger partial charge in [0.25, 0.3) is 0 Å². The Hall–Kier alpha value is -0.610. The first-order chi connectivity index (χ1) is 7.61. The fraction of sp³-hybridized carbons (Fsp3) is 0.917. The van der Waals surface area contributed by atoms with Gasteiger partial charge in [0.15, 0.2) is 0 Å². The van der Waals surface area contributed by atoms with Crippen LogP contribution in [0.15, 0.2) is 0 Å². The molecule has 0 aliphatic carbocycles. The SMILES string of the molecule is CCCCC(O)C(O)CCCC(=O)OCC. The topological polar surface area (TPSA) is 66.8 Å². The maximum atomic E-state index is 11.0. The highest BCUT2D eigenvalue weighted by atomic mass is 16.5. The minimum atomic E-state index is -0.721. The Bertz CT molecular complexity index is 182. The third kappa shape index (κ3) is 7.65. The first kappa shape index (κ1) is 15.4. The molecule has 0 rings (SSSR count). The molecule has 4 nitrogen and oxygen atoms in total. The van der Waals surface area contributed by atoms with Crippen LogP contribution in [0, 0.1) is 0 Å². The van der Waals surface area contributed by atoms with E-state index in [1.807, 2.05) is 6.92 Å². The Balaban J connectivity index is 3.55. The van der Waals surface area contributed by atoms with Crippen molar-refractivity contribution in [3.63, 3.8) is 0 Å². The number of rotatable bonds is 9. The fourth-order valence-corrected chi connectivity index (χ4v) is 1.49. The molecule has 0 aromatic heterocycles. The van der Waals surface area contributed by atoms with Crippen LogP contribution in [-0.2, 0) is 9.53 Å². The second-order valence-corrected chi connectivity index (χ2v) is 3.97. The lowest BCUT2D eigenvalue weighted by molar-refractivity contribution is -0.143. The van der Waals surface area contributed by atoms with Gasteiger partial charge in [0, 0.05) is 6.42 Å². The Kier molecular flexibility index (Phi) is 9.24. The average molecular weight is 232 g/mol. The van der Waals surface area contributed by atoms with E-state index in [4.69, 9.17) is 4.74 Å². The van der Waals surface area contributed by atoms with E-state index in [0.717, 1.165) is 12.8 Å². The van der Waals surface area contributed by atoms with Gasteiger partial charge in [-0.2, -0.15) is 0 Å². The number of carbonyl (C=O) groups excluding carboxylic acids is 1. The van der Waals surface area contributed by atoms with E-state index in [-0.39, 0.29) is 5.97 Å². The van der Waals surface area contributed by atoms with Crippen molar-refractivity contribution >= 4 is 5.97 Å². The maximum absolute atomic E-state index is 11.0. The molecule has 0 bridgehead atoms. The summed E-state index contributed by atoms with van der Waals surface area (Å²) in [5.41, 5.74) is 0. The van der Waals surface area contributed by atoms with Gasteiger partial charge < -0.3 is 14.9 Å². The molecule has 0 spiro atoms. The molecule has 0 fully saturated rings. The highest BCUT2D eigenvalue weighted by Crippen LogP contribution is 2.11. The van der Waals surface area contributed by atoms with Crippen LogP contribution in [0.5, 0.6) is 0 Å². The molecule has 0 aliphatic rings. The predicted octanol–water partition coefficient (Wildman–Crippen LogP) is 1.63. The summed E-state index contributed by atoms with van der Waals surface area (Å²) < 4.78 is 4.77. The Labute approximate surface area is 97.6 Å². The van der Waals surface area contributed by atoms with Crippen LogP contribution in [0.25, 0.3) is 0 Å². The van der Waals surface area contributed by atoms with Gasteiger partial charge in [0.2, 0.25) is 0 Å². The predicted molar refractivity (Wildman–Crippen MR) is 62.0 cm³/mol. The molecule has 2 atom stereocenters. The van der Waals surface area contributed by atoms with E-state index < -0.39 is 12.2 Å². The van der Waals surface area contributed by atoms with E-state index >= 15 is 0 Å². The van der Waals surface area contributed by atoms with E-state index in [1.165, 1.54) is 0 Å². The minimum absolute atomic E-state index is 0.238. The first-order valence-electron chi connectivity index (χ1n) is 6.13. The normalized spacial score (nSPS) is 14.5. The van der Waals surface area contributed by atoms with Crippen LogP contribution < -0.4 is 0 Å². The third-order valence-electron chi connectivity index (χ3n) is 2.48. The number of carbonyl (C=O) groups is 1. The van der Waals surface area contributed by atoms with Crippen LogP contribution >= 0.6 is 0 Å². The molecule has 0 saturated heterocycles. The summed E-state index contributed by atoms with van der Waals surface area (Å²) in [6.45, 7) is 4.20. The number of unbranched alkanes of at least 4 members (excludes halogenated alkanes) is 1. The quantitative estimate of drug-likeness (QED) is 0.593. The smallest absolute Gasteiger partial charge is 0.305 e. The highest BCUT2D eigenvalue weighted by Gasteiger charge is 2.15. The molecular formula is C12H24O4. The molecular weight excluding hydrogens is 208 g/mol. The van der Waals surface area contributed by atoms with E-state index in [1.54, 1.807) is 6.92 Å². The molecule has 0 saturated carbocycles. The van der Waals surface area contributed by atoms with Gasteiger partial charge in [-0.15, -0.1) is 0 Å². The molecule has 0 aromatic carbocycles. The zero-order valence-electron chi connectivity index (χ0n) is 10.3. The number of aliphatic hydroxyl groups excluding tert-OH is 2. The molecule has 2 unspecified atom stereocenters. The summed E-state index contributed by atoms with van der Waals surface area (Å²) in [4.78, 5) is 11.0. The van der Waals surface area contributed by atoms with Crippen molar-refractivity contribution in [2.75, 3.05) is 6.61 Å². The molecule has 2 N–H and O–H groups in total. The lowest BCUT2D eigenvalue weighted by atomic mass is 10.0. The number of aliphatic hydroxyl groups is 2. The van der Waals surface area contributed by atoms with Crippen molar-refractivity contribution in [3.05, 3.63) is 0 Å². The number of hydrogen-bond donors (Lipinski definition) is 2. The summed E-state index contributed by atoms with van der Waals surface area (Å²) in [5, 5.41) is 19.1. The third-order valence-corrected chi connectivity index (χ3v) is 2.48. The Morgan fingerprint density at radius 1 is 1.12 bits per heavy atom. The summed E-state index contributed by atoms with van der Waals surface area (Å²) in [6.07, 6.45) is 2.47. The van der Waals surface area contributed by atoms with Crippen LogP contribution in [0.4, 0.5) is 0 Å². The van der Waals surface area contributed by atoms with Crippen LogP contribution in [-0.4, -0.2) is 35.0 Å².